The van der Waals surface area contributed by atoms with Crippen molar-refractivity contribution >= 4 is 0 Å². The molecule has 2 fully saturated rings. The Morgan fingerprint density at radius 2 is 2.00 bits per heavy atom. The lowest BCUT2D eigenvalue weighted by Gasteiger charge is -2.28. The maximum absolute atomic E-state index is 5.88. The van der Waals surface area contributed by atoms with Crippen LogP contribution in [0.3, 0.4) is 0 Å². The average molecular weight is 167 g/mol. The van der Waals surface area contributed by atoms with Gasteiger partial charge in [0.25, 0.3) is 0 Å². The van der Waals surface area contributed by atoms with E-state index in [4.69, 9.17) is 5.73 Å². The molecule has 0 radical (unpaired) electrons. The second kappa shape index (κ2) is 3.37. The summed E-state index contributed by atoms with van der Waals surface area (Å²) >= 11 is 0. The van der Waals surface area contributed by atoms with Crippen LogP contribution in [0.4, 0.5) is 0 Å². The molecule has 2 saturated carbocycles. The zero-order valence-electron chi connectivity index (χ0n) is 8.13. The monoisotopic (exact) mass is 167 g/mol. The first-order chi connectivity index (χ1) is 5.81. The topological polar surface area (TPSA) is 26.0 Å². The lowest BCUT2D eigenvalue weighted by atomic mass is 9.78. The van der Waals surface area contributed by atoms with Crippen LogP contribution in [0.15, 0.2) is 0 Å². The fourth-order valence-electron chi connectivity index (χ4n) is 2.87. The van der Waals surface area contributed by atoms with Crippen molar-refractivity contribution in [3.05, 3.63) is 0 Å². The van der Waals surface area contributed by atoms with Crippen LogP contribution in [-0.2, 0) is 0 Å². The Morgan fingerprint density at radius 1 is 1.25 bits per heavy atom. The fourth-order valence-corrected chi connectivity index (χ4v) is 2.87. The Balaban J connectivity index is 1.82. The molecule has 12 heavy (non-hydrogen) atoms. The van der Waals surface area contributed by atoms with Crippen LogP contribution in [0.1, 0.15) is 45.4 Å². The summed E-state index contributed by atoms with van der Waals surface area (Å²) in [7, 11) is 0. The molecule has 70 valence electrons. The van der Waals surface area contributed by atoms with E-state index in [0.29, 0.717) is 6.04 Å². The molecule has 4 atom stereocenters. The van der Waals surface area contributed by atoms with Gasteiger partial charge in [0, 0.05) is 6.04 Å². The van der Waals surface area contributed by atoms with E-state index in [0.717, 1.165) is 17.8 Å². The van der Waals surface area contributed by atoms with Crippen molar-refractivity contribution in [2.45, 2.75) is 51.5 Å². The molecule has 0 aromatic heterocycles. The third-order valence-electron chi connectivity index (χ3n) is 3.90. The Morgan fingerprint density at radius 3 is 2.58 bits per heavy atom. The molecular weight excluding hydrogens is 146 g/mol. The van der Waals surface area contributed by atoms with Gasteiger partial charge in [0.15, 0.2) is 0 Å². The smallest absolute Gasteiger partial charge is 0.00737 e. The SMILES string of the molecule is CCC1CCCC(C2CC2N)C1. The Bertz CT molecular complexity index is 155. The van der Waals surface area contributed by atoms with E-state index in [-0.39, 0.29) is 0 Å². The van der Waals surface area contributed by atoms with E-state index in [1.807, 2.05) is 0 Å². The molecule has 0 spiro atoms. The second-order valence-electron chi connectivity index (χ2n) is 4.76. The lowest BCUT2D eigenvalue weighted by molar-refractivity contribution is 0.235. The number of rotatable bonds is 2. The Kier molecular flexibility index (Phi) is 2.40. The van der Waals surface area contributed by atoms with Gasteiger partial charge in [0.1, 0.15) is 0 Å². The van der Waals surface area contributed by atoms with Crippen molar-refractivity contribution < 1.29 is 0 Å². The van der Waals surface area contributed by atoms with Crippen molar-refractivity contribution in [3.8, 4) is 0 Å². The molecular formula is C11H21N. The molecule has 0 aromatic carbocycles. The maximum atomic E-state index is 5.88. The lowest BCUT2D eigenvalue weighted by Crippen LogP contribution is -2.19. The van der Waals surface area contributed by atoms with Crippen molar-refractivity contribution in [2.75, 3.05) is 0 Å². The van der Waals surface area contributed by atoms with E-state index in [9.17, 15) is 0 Å². The predicted octanol–water partition coefficient (Wildman–Crippen LogP) is 2.55. The number of hydrogen-bond acceptors (Lipinski definition) is 1. The highest BCUT2D eigenvalue weighted by Crippen LogP contribution is 2.45. The molecule has 0 aromatic rings. The minimum absolute atomic E-state index is 0.575. The third kappa shape index (κ3) is 1.66. The van der Waals surface area contributed by atoms with Gasteiger partial charge in [-0.05, 0) is 30.6 Å². The third-order valence-corrected chi connectivity index (χ3v) is 3.90. The number of nitrogens with two attached hydrogens (primary N) is 1. The fraction of sp³-hybridized carbons (Fsp3) is 1.00. The molecule has 4 unspecified atom stereocenters. The van der Waals surface area contributed by atoms with Crippen LogP contribution < -0.4 is 5.73 Å². The quantitative estimate of drug-likeness (QED) is 0.672. The van der Waals surface area contributed by atoms with Gasteiger partial charge in [-0.1, -0.05) is 32.6 Å². The molecule has 0 amide bonds. The van der Waals surface area contributed by atoms with E-state index >= 15 is 0 Å². The zero-order chi connectivity index (χ0) is 8.55. The van der Waals surface area contributed by atoms with Gasteiger partial charge in [0.05, 0.1) is 0 Å². The highest BCUT2D eigenvalue weighted by atomic mass is 14.8. The van der Waals surface area contributed by atoms with Crippen LogP contribution in [0.2, 0.25) is 0 Å². The van der Waals surface area contributed by atoms with E-state index < -0.39 is 0 Å². The highest BCUT2D eigenvalue weighted by Gasteiger charge is 2.41. The summed E-state index contributed by atoms with van der Waals surface area (Å²) in [6.07, 6.45) is 8.60. The molecule has 2 aliphatic carbocycles. The van der Waals surface area contributed by atoms with Gasteiger partial charge in [-0.3, -0.25) is 0 Å². The van der Waals surface area contributed by atoms with Crippen LogP contribution >= 0.6 is 0 Å². The first kappa shape index (κ1) is 8.55. The first-order valence-corrected chi connectivity index (χ1v) is 5.56. The highest BCUT2D eigenvalue weighted by molar-refractivity contribution is 4.96. The van der Waals surface area contributed by atoms with E-state index in [1.54, 1.807) is 0 Å². The number of hydrogen-bond donors (Lipinski definition) is 1. The summed E-state index contributed by atoms with van der Waals surface area (Å²) in [5.74, 6) is 2.94. The molecule has 0 bridgehead atoms. The van der Waals surface area contributed by atoms with Gasteiger partial charge in [-0.2, -0.15) is 0 Å². The van der Waals surface area contributed by atoms with Crippen LogP contribution in [0.5, 0.6) is 0 Å². The van der Waals surface area contributed by atoms with Crippen LogP contribution in [-0.4, -0.2) is 6.04 Å². The summed E-state index contributed by atoms with van der Waals surface area (Å²) in [5.41, 5.74) is 5.88. The molecule has 1 nitrogen and oxygen atoms in total. The van der Waals surface area contributed by atoms with E-state index in [2.05, 4.69) is 6.92 Å². The van der Waals surface area contributed by atoms with Crippen LogP contribution in [0, 0.1) is 17.8 Å². The van der Waals surface area contributed by atoms with Gasteiger partial charge in [-0.15, -0.1) is 0 Å². The van der Waals surface area contributed by atoms with Gasteiger partial charge < -0.3 is 5.73 Å². The van der Waals surface area contributed by atoms with Crippen molar-refractivity contribution in [2.24, 2.45) is 23.5 Å². The van der Waals surface area contributed by atoms with Crippen molar-refractivity contribution in [1.82, 2.24) is 0 Å². The second-order valence-corrected chi connectivity index (χ2v) is 4.76. The minimum atomic E-state index is 0.575. The summed E-state index contributed by atoms with van der Waals surface area (Å²) in [5, 5.41) is 0. The molecule has 2 N–H and O–H groups in total. The van der Waals surface area contributed by atoms with Gasteiger partial charge in [0.2, 0.25) is 0 Å². The summed E-state index contributed by atoms with van der Waals surface area (Å²) in [6, 6.07) is 0.575. The van der Waals surface area contributed by atoms with Gasteiger partial charge in [-0.25, -0.2) is 0 Å². The minimum Gasteiger partial charge on any atom is -0.327 e. The molecule has 2 rings (SSSR count). The van der Waals surface area contributed by atoms with E-state index in [1.165, 1.54) is 38.5 Å². The first-order valence-electron chi connectivity index (χ1n) is 5.56. The molecule has 2 aliphatic rings. The standard InChI is InChI=1S/C11H21N/c1-2-8-4-3-5-9(6-8)10-7-11(10)12/h8-11H,2-7,12H2,1H3. The van der Waals surface area contributed by atoms with Gasteiger partial charge >= 0.3 is 0 Å². The normalized spacial score (nSPS) is 47.5. The molecule has 0 saturated heterocycles. The average Bonchev–Trinajstić information content (AvgIpc) is 2.83. The zero-order valence-corrected chi connectivity index (χ0v) is 8.13. The predicted molar refractivity (Wildman–Crippen MR) is 51.8 cm³/mol. The van der Waals surface area contributed by atoms with Crippen LogP contribution in [0.25, 0.3) is 0 Å². The molecule has 1 heteroatoms. The summed E-state index contributed by atoms with van der Waals surface area (Å²) < 4.78 is 0. The largest absolute Gasteiger partial charge is 0.327 e. The Hall–Kier alpha value is -0.0400. The summed E-state index contributed by atoms with van der Waals surface area (Å²) in [6.45, 7) is 2.33. The summed E-state index contributed by atoms with van der Waals surface area (Å²) in [4.78, 5) is 0. The Labute approximate surface area is 75.7 Å². The molecule has 0 heterocycles. The van der Waals surface area contributed by atoms with Crippen molar-refractivity contribution in [1.29, 1.82) is 0 Å². The van der Waals surface area contributed by atoms with Crippen molar-refractivity contribution in [3.63, 3.8) is 0 Å². The molecule has 0 aliphatic heterocycles. The maximum Gasteiger partial charge on any atom is 0.00737 e.